The average molecular weight is 287 g/mol. The summed E-state index contributed by atoms with van der Waals surface area (Å²) >= 11 is 1.83. The number of thioether (sulfide) groups is 1. The van der Waals surface area contributed by atoms with Crippen LogP contribution in [0.1, 0.15) is 12.1 Å². The number of hydrogen-bond acceptors (Lipinski definition) is 4. The minimum absolute atomic E-state index is 0.422. The second-order valence-electron chi connectivity index (χ2n) is 5.19. The first-order valence-corrected chi connectivity index (χ1v) is 8.02. The Balaban J connectivity index is 1.69. The largest absolute Gasteiger partial charge is 0.379 e. The molecule has 104 valence electrons. The summed E-state index contributed by atoms with van der Waals surface area (Å²) in [6.45, 7) is 2.59. The van der Waals surface area contributed by atoms with Crippen LogP contribution in [0.3, 0.4) is 0 Å². The van der Waals surface area contributed by atoms with Crippen molar-refractivity contribution in [3.63, 3.8) is 0 Å². The molecular weight excluding hydrogens is 270 g/mol. The second kappa shape index (κ2) is 5.14. The smallest absolute Gasteiger partial charge is 0.114 e. The molecule has 2 aliphatic heterocycles. The van der Waals surface area contributed by atoms with Gasteiger partial charge in [0.25, 0.3) is 0 Å². The van der Waals surface area contributed by atoms with Gasteiger partial charge >= 0.3 is 0 Å². The van der Waals surface area contributed by atoms with Crippen molar-refractivity contribution in [1.29, 1.82) is 0 Å². The maximum absolute atomic E-state index is 5.43. The van der Waals surface area contributed by atoms with E-state index in [0.29, 0.717) is 6.04 Å². The summed E-state index contributed by atoms with van der Waals surface area (Å²) in [6, 6.07) is 8.99. The number of aromatic amines is 1. The molecule has 0 saturated carbocycles. The van der Waals surface area contributed by atoms with Gasteiger partial charge in [-0.05, 0) is 18.6 Å². The first kappa shape index (κ1) is 12.3. The summed E-state index contributed by atoms with van der Waals surface area (Å²) in [4.78, 5) is 8.07. The van der Waals surface area contributed by atoms with Gasteiger partial charge in [-0.25, -0.2) is 0 Å². The van der Waals surface area contributed by atoms with Gasteiger partial charge in [0.2, 0.25) is 0 Å². The van der Waals surface area contributed by atoms with E-state index in [-0.39, 0.29) is 0 Å². The monoisotopic (exact) mass is 287 g/mol. The quantitative estimate of drug-likeness (QED) is 0.912. The molecule has 0 radical (unpaired) electrons. The number of benzene rings is 1. The standard InChI is InChI=1S/C15H17N3OS/c1-2-10-8-13(15-16-5-7-20-15)18-14(10)12(3-1)17-11-4-6-19-9-11/h1-3,8,11,17-18H,4-7,9H2. The fourth-order valence-electron chi connectivity index (χ4n) is 2.76. The van der Waals surface area contributed by atoms with Gasteiger partial charge < -0.3 is 15.0 Å². The lowest BCUT2D eigenvalue weighted by molar-refractivity contribution is 0.195. The lowest BCUT2D eigenvalue weighted by Crippen LogP contribution is -2.18. The molecular formula is C15H17N3OS. The Morgan fingerprint density at radius 1 is 1.40 bits per heavy atom. The van der Waals surface area contributed by atoms with Crippen LogP contribution >= 0.6 is 11.8 Å². The number of ether oxygens (including phenoxy) is 1. The highest BCUT2D eigenvalue weighted by atomic mass is 32.2. The zero-order valence-electron chi connectivity index (χ0n) is 11.2. The molecule has 20 heavy (non-hydrogen) atoms. The zero-order valence-corrected chi connectivity index (χ0v) is 12.0. The first-order chi connectivity index (χ1) is 9.90. The predicted octanol–water partition coefficient (Wildman–Crippen LogP) is 2.86. The number of rotatable bonds is 3. The van der Waals surface area contributed by atoms with E-state index in [1.165, 1.54) is 10.9 Å². The SMILES string of the molecule is c1cc(NC2CCOC2)c2[nH]c(C3=NCCS3)cc2c1. The van der Waals surface area contributed by atoms with Gasteiger partial charge in [-0.1, -0.05) is 12.1 Å². The summed E-state index contributed by atoms with van der Waals surface area (Å²) in [6.07, 6.45) is 1.08. The van der Waals surface area contributed by atoms with E-state index < -0.39 is 0 Å². The van der Waals surface area contributed by atoms with Crippen LogP contribution in [0.15, 0.2) is 29.3 Å². The number of hydrogen-bond donors (Lipinski definition) is 2. The zero-order chi connectivity index (χ0) is 13.4. The third kappa shape index (κ3) is 2.21. The number of aromatic nitrogens is 1. The van der Waals surface area contributed by atoms with Crippen LogP contribution in [0.25, 0.3) is 10.9 Å². The predicted molar refractivity (Wildman–Crippen MR) is 85.0 cm³/mol. The number of H-pyrrole nitrogens is 1. The van der Waals surface area contributed by atoms with E-state index in [2.05, 4.69) is 39.6 Å². The highest BCUT2D eigenvalue weighted by Crippen LogP contribution is 2.28. The number of fused-ring (bicyclic) bond motifs is 1. The molecule has 2 N–H and O–H groups in total. The van der Waals surface area contributed by atoms with Gasteiger partial charge in [-0.2, -0.15) is 0 Å². The Kier molecular flexibility index (Phi) is 3.16. The number of nitrogens with one attached hydrogen (secondary N) is 2. The van der Waals surface area contributed by atoms with Crippen molar-refractivity contribution in [2.24, 2.45) is 4.99 Å². The molecule has 0 aliphatic carbocycles. The van der Waals surface area contributed by atoms with E-state index in [4.69, 9.17) is 4.74 Å². The Bertz CT molecular complexity index is 658. The summed E-state index contributed by atoms with van der Waals surface area (Å²) in [7, 11) is 0. The van der Waals surface area contributed by atoms with E-state index in [1.54, 1.807) is 0 Å². The summed E-state index contributed by atoms with van der Waals surface area (Å²) < 4.78 is 5.43. The number of nitrogens with zero attached hydrogens (tertiary/aromatic N) is 1. The molecule has 0 bridgehead atoms. The normalized spacial score (nSPS) is 22.4. The van der Waals surface area contributed by atoms with Gasteiger partial charge in [0, 0.05) is 24.3 Å². The Morgan fingerprint density at radius 3 is 3.20 bits per heavy atom. The lowest BCUT2D eigenvalue weighted by Gasteiger charge is -2.12. The van der Waals surface area contributed by atoms with Crippen molar-refractivity contribution >= 4 is 33.4 Å². The van der Waals surface area contributed by atoms with Crippen LogP contribution in [0.5, 0.6) is 0 Å². The third-order valence-corrected chi connectivity index (χ3v) is 4.77. The van der Waals surface area contributed by atoms with Crippen LogP contribution in [0.4, 0.5) is 5.69 Å². The summed E-state index contributed by atoms with van der Waals surface area (Å²) in [5.74, 6) is 1.09. The Labute approximate surface area is 122 Å². The molecule has 4 nitrogen and oxygen atoms in total. The van der Waals surface area contributed by atoms with Gasteiger partial charge in [-0.3, -0.25) is 4.99 Å². The van der Waals surface area contributed by atoms with Crippen LogP contribution in [0.2, 0.25) is 0 Å². The minimum atomic E-state index is 0.422. The van der Waals surface area contributed by atoms with Crippen LogP contribution < -0.4 is 5.32 Å². The van der Waals surface area contributed by atoms with Gasteiger partial charge in [-0.15, -0.1) is 11.8 Å². The molecule has 1 atom stereocenters. The fourth-order valence-corrected chi connectivity index (χ4v) is 3.58. The van der Waals surface area contributed by atoms with Crippen molar-refractivity contribution in [1.82, 2.24) is 4.98 Å². The van der Waals surface area contributed by atoms with Gasteiger partial charge in [0.15, 0.2) is 0 Å². The molecule has 4 rings (SSSR count). The van der Waals surface area contributed by atoms with E-state index in [1.807, 2.05) is 11.8 Å². The van der Waals surface area contributed by atoms with E-state index >= 15 is 0 Å². The molecule has 1 saturated heterocycles. The van der Waals surface area contributed by atoms with Crippen molar-refractivity contribution in [2.75, 3.05) is 30.8 Å². The number of aliphatic imine (C=N–C) groups is 1. The molecule has 1 unspecified atom stereocenters. The van der Waals surface area contributed by atoms with Crippen molar-refractivity contribution in [2.45, 2.75) is 12.5 Å². The fraction of sp³-hybridized carbons (Fsp3) is 0.400. The Hall–Kier alpha value is -1.46. The molecule has 3 heterocycles. The lowest BCUT2D eigenvalue weighted by atomic mass is 10.2. The molecule has 2 aromatic rings. The highest BCUT2D eigenvalue weighted by Gasteiger charge is 2.18. The van der Waals surface area contributed by atoms with Crippen molar-refractivity contribution < 1.29 is 4.74 Å². The van der Waals surface area contributed by atoms with Crippen molar-refractivity contribution in [3.05, 3.63) is 30.0 Å². The van der Waals surface area contributed by atoms with Gasteiger partial charge in [0.05, 0.1) is 29.5 Å². The van der Waals surface area contributed by atoms with Crippen LogP contribution in [-0.2, 0) is 4.74 Å². The minimum Gasteiger partial charge on any atom is -0.379 e. The molecule has 0 amide bonds. The maximum Gasteiger partial charge on any atom is 0.114 e. The summed E-state index contributed by atoms with van der Waals surface area (Å²) in [5, 5.41) is 5.96. The molecule has 1 aromatic carbocycles. The van der Waals surface area contributed by atoms with E-state index in [9.17, 15) is 0 Å². The van der Waals surface area contributed by atoms with Gasteiger partial charge in [0.1, 0.15) is 5.04 Å². The molecule has 0 spiro atoms. The molecule has 1 fully saturated rings. The van der Waals surface area contributed by atoms with Crippen LogP contribution in [-0.4, -0.2) is 41.6 Å². The Morgan fingerprint density at radius 2 is 2.40 bits per heavy atom. The first-order valence-electron chi connectivity index (χ1n) is 7.04. The van der Waals surface area contributed by atoms with Crippen molar-refractivity contribution in [3.8, 4) is 0 Å². The second-order valence-corrected chi connectivity index (χ2v) is 6.28. The average Bonchev–Trinajstić information content (AvgIpc) is 3.20. The number of anilines is 1. The molecule has 2 aliphatic rings. The number of para-hydroxylation sites is 1. The van der Waals surface area contributed by atoms with Crippen LogP contribution in [0, 0.1) is 0 Å². The summed E-state index contributed by atoms with van der Waals surface area (Å²) in [5.41, 5.74) is 3.47. The molecule has 1 aromatic heterocycles. The third-order valence-electron chi connectivity index (χ3n) is 3.76. The maximum atomic E-state index is 5.43. The molecule has 5 heteroatoms. The highest BCUT2D eigenvalue weighted by molar-refractivity contribution is 8.14. The topological polar surface area (TPSA) is 49.4 Å². The van der Waals surface area contributed by atoms with E-state index in [0.717, 1.165) is 48.4 Å².